The minimum Gasteiger partial charge on any atom is -0.439 e. The molecule has 0 spiro atoms. The monoisotopic (exact) mass is 298 g/mol. The van der Waals surface area contributed by atoms with E-state index in [4.69, 9.17) is 10.6 Å². The van der Waals surface area contributed by atoms with Crippen LogP contribution in [-0.2, 0) is 12.6 Å². The lowest BCUT2D eigenvalue weighted by molar-refractivity contribution is -0.141. The van der Waals surface area contributed by atoms with Gasteiger partial charge in [-0.15, -0.1) is 0 Å². The molecule has 0 unspecified atom stereocenters. The molecule has 8 heteroatoms. The highest BCUT2D eigenvalue weighted by Crippen LogP contribution is 2.31. The Kier molecular flexibility index (Phi) is 4.27. The number of hydrazine groups is 1. The quantitative estimate of drug-likeness (QED) is 0.670. The van der Waals surface area contributed by atoms with Gasteiger partial charge >= 0.3 is 6.18 Å². The minimum absolute atomic E-state index is 0.241. The number of anilines is 1. The fourth-order valence-electron chi connectivity index (χ4n) is 1.60. The van der Waals surface area contributed by atoms with Gasteiger partial charge in [0.2, 0.25) is 11.8 Å². The van der Waals surface area contributed by atoms with Crippen LogP contribution in [0.4, 0.5) is 19.1 Å². The standard InChI is InChI=1S/C13H13F3N4O/c1-2-8-3-5-9(6-4-8)21-11-7-10(13(14,15)16)18-12(19-11)20-17/h3-7H,2,17H2,1H3,(H,18,19,20). The molecule has 0 fully saturated rings. The van der Waals surface area contributed by atoms with Crippen LogP contribution in [0.1, 0.15) is 18.2 Å². The van der Waals surface area contributed by atoms with Crippen LogP contribution in [0.15, 0.2) is 30.3 Å². The van der Waals surface area contributed by atoms with E-state index in [0.29, 0.717) is 11.8 Å². The maximum absolute atomic E-state index is 12.7. The predicted octanol–water partition coefficient (Wildman–Crippen LogP) is 3.14. The molecule has 0 saturated carbocycles. The lowest BCUT2D eigenvalue weighted by atomic mass is 10.2. The molecule has 0 bridgehead atoms. The molecule has 21 heavy (non-hydrogen) atoms. The van der Waals surface area contributed by atoms with E-state index in [1.54, 1.807) is 12.1 Å². The third-order valence-corrected chi connectivity index (χ3v) is 2.68. The van der Waals surface area contributed by atoms with Gasteiger partial charge in [0.1, 0.15) is 5.75 Å². The summed E-state index contributed by atoms with van der Waals surface area (Å²) in [5, 5.41) is 0. The van der Waals surface area contributed by atoms with E-state index in [1.807, 2.05) is 24.5 Å². The summed E-state index contributed by atoms with van der Waals surface area (Å²) in [6, 6.07) is 7.68. The van der Waals surface area contributed by atoms with Crippen LogP contribution in [-0.4, -0.2) is 9.97 Å². The van der Waals surface area contributed by atoms with Gasteiger partial charge in [-0.3, -0.25) is 5.43 Å². The molecule has 5 nitrogen and oxygen atoms in total. The smallest absolute Gasteiger partial charge is 0.433 e. The van der Waals surface area contributed by atoms with Crippen molar-refractivity contribution in [3.8, 4) is 11.6 Å². The maximum Gasteiger partial charge on any atom is 0.433 e. The summed E-state index contributed by atoms with van der Waals surface area (Å²) in [5.74, 6) is 4.83. The Bertz CT molecular complexity index is 614. The van der Waals surface area contributed by atoms with Crippen LogP contribution in [0.2, 0.25) is 0 Å². The van der Waals surface area contributed by atoms with Gasteiger partial charge in [0, 0.05) is 6.07 Å². The second-order valence-electron chi connectivity index (χ2n) is 4.16. The van der Waals surface area contributed by atoms with Gasteiger partial charge in [-0.1, -0.05) is 19.1 Å². The van der Waals surface area contributed by atoms with Crippen molar-refractivity contribution in [2.75, 3.05) is 5.43 Å². The zero-order valence-electron chi connectivity index (χ0n) is 11.1. The fraction of sp³-hybridized carbons (Fsp3) is 0.231. The summed E-state index contributed by atoms with van der Waals surface area (Å²) < 4.78 is 43.4. The van der Waals surface area contributed by atoms with Crippen molar-refractivity contribution in [2.24, 2.45) is 5.84 Å². The van der Waals surface area contributed by atoms with Gasteiger partial charge in [-0.2, -0.15) is 18.2 Å². The predicted molar refractivity (Wildman–Crippen MR) is 70.7 cm³/mol. The Balaban J connectivity index is 2.29. The van der Waals surface area contributed by atoms with Crippen molar-refractivity contribution < 1.29 is 17.9 Å². The van der Waals surface area contributed by atoms with Gasteiger partial charge < -0.3 is 4.74 Å². The molecular formula is C13H13F3N4O. The Labute approximate surface area is 118 Å². The van der Waals surface area contributed by atoms with E-state index in [1.165, 1.54) is 0 Å². The molecule has 112 valence electrons. The Morgan fingerprint density at radius 2 is 1.86 bits per heavy atom. The lowest BCUT2D eigenvalue weighted by Crippen LogP contribution is -2.15. The number of nitrogens with one attached hydrogen (secondary N) is 1. The number of halogens is 3. The molecule has 3 N–H and O–H groups in total. The number of hydrogen-bond acceptors (Lipinski definition) is 5. The maximum atomic E-state index is 12.7. The van der Waals surface area contributed by atoms with Crippen molar-refractivity contribution in [1.29, 1.82) is 0 Å². The molecule has 1 aromatic carbocycles. The molecule has 0 aliphatic carbocycles. The Hall–Kier alpha value is -2.35. The molecule has 0 saturated heterocycles. The van der Waals surface area contributed by atoms with Crippen molar-refractivity contribution >= 4 is 5.95 Å². The van der Waals surface area contributed by atoms with Crippen molar-refractivity contribution in [2.45, 2.75) is 19.5 Å². The topological polar surface area (TPSA) is 73.1 Å². The van der Waals surface area contributed by atoms with E-state index in [9.17, 15) is 13.2 Å². The molecule has 0 atom stereocenters. The highest BCUT2D eigenvalue weighted by atomic mass is 19.4. The molecule has 1 aromatic heterocycles. The first kappa shape index (κ1) is 15.0. The number of aryl methyl sites for hydroxylation is 1. The number of ether oxygens (including phenoxy) is 1. The van der Waals surface area contributed by atoms with Crippen molar-refractivity contribution in [3.05, 3.63) is 41.6 Å². The number of rotatable bonds is 4. The number of benzene rings is 1. The number of hydrogen-bond donors (Lipinski definition) is 2. The summed E-state index contributed by atoms with van der Waals surface area (Å²) >= 11 is 0. The molecule has 1 heterocycles. The van der Waals surface area contributed by atoms with E-state index in [0.717, 1.165) is 12.0 Å². The number of alkyl halides is 3. The van der Waals surface area contributed by atoms with Crippen LogP contribution >= 0.6 is 0 Å². The molecular weight excluding hydrogens is 285 g/mol. The van der Waals surface area contributed by atoms with Gasteiger partial charge in [0.15, 0.2) is 5.69 Å². The van der Waals surface area contributed by atoms with E-state index < -0.39 is 11.9 Å². The SMILES string of the molecule is CCc1ccc(Oc2cc(C(F)(F)F)nc(NN)n2)cc1. The normalized spacial score (nSPS) is 11.3. The van der Waals surface area contributed by atoms with Gasteiger partial charge in [-0.25, -0.2) is 10.8 Å². The Morgan fingerprint density at radius 1 is 1.19 bits per heavy atom. The summed E-state index contributed by atoms with van der Waals surface area (Å²) in [4.78, 5) is 6.97. The van der Waals surface area contributed by atoms with Gasteiger partial charge in [0.05, 0.1) is 0 Å². The number of nitrogens with zero attached hydrogens (tertiary/aromatic N) is 2. The summed E-state index contributed by atoms with van der Waals surface area (Å²) in [5.41, 5.74) is 1.94. The van der Waals surface area contributed by atoms with Crippen LogP contribution < -0.4 is 16.0 Å². The molecule has 2 rings (SSSR count). The average molecular weight is 298 g/mol. The molecule has 0 aliphatic rings. The average Bonchev–Trinajstić information content (AvgIpc) is 2.46. The second kappa shape index (κ2) is 5.96. The first-order chi connectivity index (χ1) is 9.92. The zero-order chi connectivity index (χ0) is 15.5. The molecule has 0 amide bonds. The van der Waals surface area contributed by atoms with Crippen molar-refractivity contribution in [3.63, 3.8) is 0 Å². The van der Waals surface area contributed by atoms with E-state index in [-0.39, 0.29) is 11.8 Å². The summed E-state index contributed by atoms with van der Waals surface area (Å²) in [6.07, 6.45) is -3.76. The highest BCUT2D eigenvalue weighted by Gasteiger charge is 2.34. The first-order valence-corrected chi connectivity index (χ1v) is 6.12. The Morgan fingerprint density at radius 3 is 2.38 bits per heavy atom. The van der Waals surface area contributed by atoms with Crippen LogP contribution in [0.3, 0.4) is 0 Å². The van der Waals surface area contributed by atoms with Crippen LogP contribution in [0.25, 0.3) is 0 Å². The van der Waals surface area contributed by atoms with Crippen molar-refractivity contribution in [1.82, 2.24) is 9.97 Å². The zero-order valence-corrected chi connectivity index (χ0v) is 11.1. The molecule has 0 radical (unpaired) electrons. The van der Waals surface area contributed by atoms with Gasteiger partial charge in [0.25, 0.3) is 0 Å². The molecule has 0 aliphatic heterocycles. The number of nitrogens with two attached hydrogens (primary N) is 1. The van der Waals surface area contributed by atoms with E-state index in [2.05, 4.69) is 9.97 Å². The van der Waals surface area contributed by atoms with Crippen LogP contribution in [0.5, 0.6) is 11.6 Å². The lowest BCUT2D eigenvalue weighted by Gasteiger charge is -2.11. The van der Waals surface area contributed by atoms with E-state index >= 15 is 0 Å². The third kappa shape index (κ3) is 3.82. The first-order valence-electron chi connectivity index (χ1n) is 6.12. The number of aromatic nitrogens is 2. The van der Waals surface area contributed by atoms with Gasteiger partial charge in [-0.05, 0) is 24.1 Å². The highest BCUT2D eigenvalue weighted by molar-refractivity contribution is 5.35. The molecule has 2 aromatic rings. The second-order valence-corrected chi connectivity index (χ2v) is 4.16. The summed E-state index contributed by atoms with van der Waals surface area (Å²) in [6.45, 7) is 2.00. The minimum atomic E-state index is -4.61. The number of nitrogen functional groups attached to an aromatic ring is 1. The fourth-order valence-corrected chi connectivity index (χ4v) is 1.60. The largest absolute Gasteiger partial charge is 0.439 e. The summed E-state index contributed by atoms with van der Waals surface area (Å²) in [7, 11) is 0. The van der Waals surface area contributed by atoms with Crippen LogP contribution in [0, 0.1) is 0 Å². The third-order valence-electron chi connectivity index (χ3n) is 2.68.